The van der Waals surface area contributed by atoms with Crippen LogP contribution >= 0.6 is 0 Å². The third-order valence-corrected chi connectivity index (χ3v) is 3.33. The zero-order valence-electron chi connectivity index (χ0n) is 12.8. The third-order valence-electron chi connectivity index (χ3n) is 3.33. The number of para-hydroxylation sites is 1. The van der Waals surface area contributed by atoms with E-state index in [1.54, 1.807) is 24.3 Å². The largest absolute Gasteiger partial charge is 0.455 e. The predicted octanol–water partition coefficient (Wildman–Crippen LogP) is 2.83. The zero-order valence-corrected chi connectivity index (χ0v) is 12.8. The van der Waals surface area contributed by atoms with E-state index in [0.717, 1.165) is 12.1 Å². The van der Waals surface area contributed by atoms with Crippen LogP contribution in [0.5, 0.6) is 0 Å². The van der Waals surface area contributed by atoms with E-state index >= 15 is 0 Å². The van der Waals surface area contributed by atoms with E-state index in [9.17, 15) is 18.4 Å². The first-order chi connectivity index (χ1) is 12.0. The number of nitrogens with one attached hydrogen (secondary N) is 1. The lowest BCUT2D eigenvalue weighted by atomic mass is 10.2. The van der Waals surface area contributed by atoms with Gasteiger partial charge in [0.1, 0.15) is 17.3 Å². The summed E-state index contributed by atoms with van der Waals surface area (Å²) >= 11 is 0. The minimum atomic E-state index is -0.922. The van der Waals surface area contributed by atoms with Crippen LogP contribution in [0, 0.1) is 11.6 Å². The summed E-state index contributed by atoms with van der Waals surface area (Å²) in [4.78, 5) is 23.5. The minimum Gasteiger partial charge on any atom is -0.455 e. The van der Waals surface area contributed by atoms with Crippen LogP contribution in [0.3, 0.4) is 0 Å². The zero-order chi connectivity index (χ0) is 17.8. The number of carbonyl (C=O) groups excluding carboxylic acids is 2. The molecule has 8 heteroatoms. The van der Waals surface area contributed by atoms with Gasteiger partial charge in [-0.25, -0.2) is 8.78 Å². The standard InChI is InChI=1S/C17H12F2N2O4/c18-10-5-6-13(12(19)7-10)20-16(22)9-24-17(23)8-14-11-3-1-2-4-15(11)25-21-14/h1-7H,8-9H2,(H,20,22). The molecule has 1 heterocycles. The summed E-state index contributed by atoms with van der Waals surface area (Å²) in [7, 11) is 0. The number of amides is 1. The van der Waals surface area contributed by atoms with Crippen LogP contribution < -0.4 is 5.32 Å². The molecule has 128 valence electrons. The van der Waals surface area contributed by atoms with Crippen molar-refractivity contribution < 1.29 is 27.6 Å². The van der Waals surface area contributed by atoms with E-state index in [4.69, 9.17) is 9.26 Å². The number of rotatable bonds is 5. The Morgan fingerprint density at radius 1 is 1.16 bits per heavy atom. The van der Waals surface area contributed by atoms with Crippen molar-refractivity contribution in [1.29, 1.82) is 0 Å². The summed E-state index contributed by atoms with van der Waals surface area (Å²) in [5, 5.41) is 6.66. The van der Waals surface area contributed by atoms with Crippen LogP contribution in [-0.2, 0) is 20.7 Å². The molecule has 3 aromatic rings. The number of anilines is 1. The number of aromatic nitrogens is 1. The van der Waals surface area contributed by atoms with Gasteiger partial charge >= 0.3 is 5.97 Å². The molecule has 0 fully saturated rings. The first-order valence-electron chi connectivity index (χ1n) is 7.27. The second kappa shape index (κ2) is 7.08. The van der Waals surface area contributed by atoms with Crippen LogP contribution in [-0.4, -0.2) is 23.6 Å². The number of nitrogens with zero attached hydrogens (tertiary/aromatic N) is 1. The van der Waals surface area contributed by atoms with E-state index in [-0.39, 0.29) is 12.1 Å². The number of fused-ring (bicyclic) bond motifs is 1. The summed E-state index contributed by atoms with van der Waals surface area (Å²) in [6, 6.07) is 9.72. The first-order valence-corrected chi connectivity index (χ1v) is 7.27. The third kappa shape index (κ3) is 3.97. The monoisotopic (exact) mass is 346 g/mol. The molecule has 0 aliphatic heterocycles. The predicted molar refractivity (Wildman–Crippen MR) is 83.7 cm³/mol. The molecule has 25 heavy (non-hydrogen) atoms. The van der Waals surface area contributed by atoms with Crippen molar-refractivity contribution in [2.45, 2.75) is 6.42 Å². The fourth-order valence-electron chi connectivity index (χ4n) is 2.18. The lowest BCUT2D eigenvalue weighted by Gasteiger charge is -2.07. The molecule has 0 saturated heterocycles. The van der Waals surface area contributed by atoms with E-state index in [2.05, 4.69) is 10.5 Å². The van der Waals surface area contributed by atoms with Crippen molar-refractivity contribution in [3.05, 3.63) is 59.8 Å². The van der Waals surface area contributed by atoms with Crippen LogP contribution in [0.25, 0.3) is 11.0 Å². The molecule has 3 rings (SSSR count). The summed E-state index contributed by atoms with van der Waals surface area (Å²) in [5.74, 6) is -3.12. The normalized spacial score (nSPS) is 10.6. The number of carbonyl (C=O) groups is 2. The molecular formula is C17H12F2N2O4. The molecule has 0 saturated carbocycles. The van der Waals surface area contributed by atoms with Crippen LogP contribution in [0.1, 0.15) is 5.69 Å². The lowest BCUT2D eigenvalue weighted by molar-refractivity contribution is -0.146. The topological polar surface area (TPSA) is 81.4 Å². The van der Waals surface area contributed by atoms with Gasteiger partial charge < -0.3 is 14.6 Å². The Balaban J connectivity index is 1.54. The molecule has 0 aliphatic carbocycles. The smallest absolute Gasteiger partial charge is 0.312 e. The molecule has 0 bridgehead atoms. The summed E-state index contributed by atoms with van der Waals surface area (Å²) < 4.78 is 36.1. The fourth-order valence-corrected chi connectivity index (χ4v) is 2.18. The number of benzene rings is 2. The van der Waals surface area contributed by atoms with Gasteiger partial charge in [-0.3, -0.25) is 9.59 Å². The molecule has 6 nitrogen and oxygen atoms in total. The van der Waals surface area contributed by atoms with Crippen LogP contribution in [0.15, 0.2) is 47.0 Å². The fraction of sp³-hybridized carbons (Fsp3) is 0.118. The first kappa shape index (κ1) is 16.6. The van der Waals surface area contributed by atoms with E-state index < -0.39 is 30.1 Å². The average molecular weight is 346 g/mol. The van der Waals surface area contributed by atoms with Gasteiger partial charge in [0.15, 0.2) is 12.2 Å². The Morgan fingerprint density at radius 2 is 1.96 bits per heavy atom. The van der Waals surface area contributed by atoms with Gasteiger partial charge in [-0.2, -0.15) is 0 Å². The maximum absolute atomic E-state index is 13.4. The van der Waals surface area contributed by atoms with E-state index in [1.165, 1.54) is 0 Å². The molecule has 1 N–H and O–H groups in total. The average Bonchev–Trinajstić information content (AvgIpc) is 2.99. The van der Waals surface area contributed by atoms with Crippen molar-refractivity contribution in [1.82, 2.24) is 5.16 Å². The number of halogens is 2. The number of hydrogen-bond acceptors (Lipinski definition) is 5. The maximum atomic E-state index is 13.4. The number of ether oxygens (including phenoxy) is 1. The van der Waals surface area contributed by atoms with Crippen molar-refractivity contribution in [3.63, 3.8) is 0 Å². The van der Waals surface area contributed by atoms with Gasteiger partial charge in [-0.15, -0.1) is 0 Å². The molecule has 0 unspecified atom stereocenters. The Bertz CT molecular complexity index is 939. The Kier molecular flexibility index (Phi) is 4.69. The van der Waals surface area contributed by atoms with E-state index in [0.29, 0.717) is 22.7 Å². The molecular weight excluding hydrogens is 334 g/mol. The second-order valence-corrected chi connectivity index (χ2v) is 5.14. The minimum absolute atomic E-state index is 0.171. The highest BCUT2D eigenvalue weighted by Gasteiger charge is 2.15. The van der Waals surface area contributed by atoms with Gasteiger partial charge in [0.2, 0.25) is 0 Å². The van der Waals surface area contributed by atoms with Crippen molar-refractivity contribution in [3.8, 4) is 0 Å². The highest BCUT2D eigenvalue weighted by molar-refractivity contribution is 5.93. The molecule has 0 spiro atoms. The van der Waals surface area contributed by atoms with Gasteiger partial charge in [-0.1, -0.05) is 17.3 Å². The molecule has 0 radical (unpaired) electrons. The highest BCUT2D eigenvalue weighted by Crippen LogP contribution is 2.18. The van der Waals surface area contributed by atoms with Crippen LogP contribution in [0.4, 0.5) is 14.5 Å². The molecule has 0 aliphatic rings. The Labute approximate surface area is 140 Å². The number of esters is 1. The van der Waals surface area contributed by atoms with Crippen molar-refractivity contribution in [2.75, 3.05) is 11.9 Å². The highest BCUT2D eigenvalue weighted by atomic mass is 19.1. The second-order valence-electron chi connectivity index (χ2n) is 5.14. The van der Waals surface area contributed by atoms with E-state index in [1.807, 2.05) is 0 Å². The Morgan fingerprint density at radius 3 is 2.76 bits per heavy atom. The Hall–Kier alpha value is -3.29. The maximum Gasteiger partial charge on any atom is 0.312 e. The van der Waals surface area contributed by atoms with Gasteiger partial charge in [0.25, 0.3) is 5.91 Å². The molecule has 1 aromatic heterocycles. The van der Waals surface area contributed by atoms with Gasteiger partial charge in [-0.05, 0) is 24.3 Å². The quantitative estimate of drug-likeness (QED) is 0.719. The van der Waals surface area contributed by atoms with Crippen LogP contribution in [0.2, 0.25) is 0 Å². The summed E-state index contributed by atoms with van der Waals surface area (Å²) in [6.45, 7) is -0.606. The molecule has 2 aromatic carbocycles. The molecule has 0 atom stereocenters. The number of hydrogen-bond donors (Lipinski definition) is 1. The SMILES string of the molecule is O=C(COC(=O)Cc1noc2ccccc12)Nc1ccc(F)cc1F. The van der Waals surface area contributed by atoms with Gasteiger partial charge in [0.05, 0.1) is 12.1 Å². The van der Waals surface area contributed by atoms with Crippen molar-refractivity contribution in [2.24, 2.45) is 0 Å². The summed E-state index contributed by atoms with van der Waals surface area (Å²) in [5.41, 5.74) is 0.727. The summed E-state index contributed by atoms with van der Waals surface area (Å²) in [6.07, 6.45) is -0.171. The van der Waals surface area contributed by atoms with Crippen molar-refractivity contribution >= 4 is 28.5 Å². The molecule has 1 amide bonds. The van der Waals surface area contributed by atoms with Gasteiger partial charge in [0, 0.05) is 11.5 Å². The lowest BCUT2D eigenvalue weighted by Crippen LogP contribution is -2.22.